The van der Waals surface area contributed by atoms with Crippen LogP contribution in [0.15, 0.2) is 48.5 Å². The third-order valence-electron chi connectivity index (χ3n) is 3.50. The summed E-state index contributed by atoms with van der Waals surface area (Å²) in [6.45, 7) is 1.63. The van der Waals surface area contributed by atoms with Crippen LogP contribution in [-0.2, 0) is 4.79 Å². The minimum atomic E-state index is -0.345. The highest BCUT2D eigenvalue weighted by molar-refractivity contribution is 5.97. The number of carbonyl (C=O) groups excluding carboxylic acids is 3. The minimum Gasteiger partial charge on any atom is -0.484 e. The summed E-state index contributed by atoms with van der Waals surface area (Å²) in [5.41, 5.74) is 1.58. The molecule has 0 radical (unpaired) electrons. The predicted octanol–water partition coefficient (Wildman–Crippen LogP) is 2.66. The van der Waals surface area contributed by atoms with Crippen LogP contribution in [-0.4, -0.2) is 31.3 Å². The molecule has 0 saturated heterocycles. The van der Waals surface area contributed by atoms with Crippen molar-refractivity contribution in [2.75, 3.05) is 19.0 Å². The largest absolute Gasteiger partial charge is 0.484 e. The molecule has 0 heterocycles. The van der Waals surface area contributed by atoms with E-state index in [2.05, 4.69) is 10.6 Å². The van der Waals surface area contributed by atoms with Crippen molar-refractivity contribution in [1.29, 1.82) is 0 Å². The average Bonchev–Trinajstić information content (AvgIpc) is 2.65. The van der Waals surface area contributed by atoms with Crippen LogP contribution in [0.2, 0.25) is 0 Å². The zero-order valence-electron chi connectivity index (χ0n) is 14.2. The molecular formula is C19H20N2O4. The van der Waals surface area contributed by atoms with E-state index in [9.17, 15) is 14.4 Å². The van der Waals surface area contributed by atoms with Crippen LogP contribution in [0, 0.1) is 0 Å². The molecule has 2 rings (SSSR count). The number of rotatable bonds is 7. The van der Waals surface area contributed by atoms with Crippen molar-refractivity contribution >= 4 is 23.3 Å². The first-order valence-corrected chi connectivity index (χ1v) is 7.91. The highest BCUT2D eigenvalue weighted by Crippen LogP contribution is 2.14. The lowest BCUT2D eigenvalue weighted by Crippen LogP contribution is -2.21. The molecule has 0 saturated carbocycles. The van der Waals surface area contributed by atoms with E-state index < -0.39 is 0 Å². The molecule has 2 N–H and O–H groups in total. The minimum absolute atomic E-state index is 0.0558. The Balaban J connectivity index is 1.90. The van der Waals surface area contributed by atoms with Crippen molar-refractivity contribution in [3.05, 3.63) is 59.7 Å². The lowest BCUT2D eigenvalue weighted by Gasteiger charge is -2.09. The molecule has 130 valence electrons. The number of nitrogens with one attached hydrogen (secondary N) is 2. The molecule has 0 atom stereocenters. The van der Waals surface area contributed by atoms with Gasteiger partial charge in [-0.1, -0.05) is 13.0 Å². The number of hydrogen-bond donors (Lipinski definition) is 2. The van der Waals surface area contributed by atoms with E-state index in [0.29, 0.717) is 29.0 Å². The first-order valence-electron chi connectivity index (χ1n) is 7.91. The quantitative estimate of drug-likeness (QED) is 0.759. The second-order valence-corrected chi connectivity index (χ2v) is 5.30. The summed E-state index contributed by atoms with van der Waals surface area (Å²) in [6.07, 6.45) is 0.442. The van der Waals surface area contributed by atoms with E-state index in [4.69, 9.17) is 4.74 Å². The van der Waals surface area contributed by atoms with Crippen LogP contribution in [0.4, 0.5) is 5.69 Å². The Morgan fingerprint density at radius 3 is 2.36 bits per heavy atom. The molecule has 0 bridgehead atoms. The number of hydrogen-bond acceptors (Lipinski definition) is 4. The van der Waals surface area contributed by atoms with Crippen LogP contribution in [0.25, 0.3) is 0 Å². The molecule has 0 aliphatic heterocycles. The topological polar surface area (TPSA) is 84.5 Å². The van der Waals surface area contributed by atoms with Gasteiger partial charge in [-0.05, 0) is 42.5 Å². The third-order valence-corrected chi connectivity index (χ3v) is 3.50. The van der Waals surface area contributed by atoms with Crippen LogP contribution < -0.4 is 15.4 Å². The van der Waals surface area contributed by atoms with Crippen LogP contribution in [0.1, 0.15) is 34.1 Å². The van der Waals surface area contributed by atoms with Gasteiger partial charge < -0.3 is 15.4 Å². The van der Waals surface area contributed by atoms with Gasteiger partial charge in [0.2, 0.25) is 0 Å². The molecule has 0 aliphatic carbocycles. The number of amides is 2. The molecule has 0 unspecified atom stereocenters. The number of carbonyl (C=O) groups is 3. The Bertz CT molecular complexity index is 769. The Kier molecular flexibility index (Phi) is 6.28. The molecule has 0 aromatic heterocycles. The number of Topliss-reactive ketones (excluding diaryl/α,β-unsaturated/α-hetero) is 1. The first kappa shape index (κ1) is 18.2. The molecule has 0 fully saturated rings. The summed E-state index contributed by atoms with van der Waals surface area (Å²) in [5.74, 6) is -0.0148. The van der Waals surface area contributed by atoms with Gasteiger partial charge in [0.05, 0.1) is 0 Å². The monoisotopic (exact) mass is 340 g/mol. The maximum absolute atomic E-state index is 12.0. The molecule has 2 aromatic rings. The number of benzene rings is 2. The summed E-state index contributed by atoms with van der Waals surface area (Å²) in [4.78, 5) is 35.1. The molecule has 0 aliphatic rings. The van der Waals surface area contributed by atoms with Gasteiger partial charge in [-0.3, -0.25) is 14.4 Å². The Morgan fingerprint density at radius 1 is 1.00 bits per heavy atom. The number of ketones is 1. The van der Waals surface area contributed by atoms with Gasteiger partial charge in [-0.15, -0.1) is 0 Å². The summed E-state index contributed by atoms with van der Waals surface area (Å²) >= 11 is 0. The van der Waals surface area contributed by atoms with E-state index in [-0.39, 0.29) is 24.2 Å². The number of ether oxygens (including phenoxy) is 1. The maximum atomic E-state index is 12.0. The summed E-state index contributed by atoms with van der Waals surface area (Å²) in [6, 6.07) is 13.3. The fraction of sp³-hybridized carbons (Fsp3) is 0.211. The molecule has 2 amide bonds. The van der Waals surface area contributed by atoms with E-state index in [1.54, 1.807) is 62.5 Å². The summed E-state index contributed by atoms with van der Waals surface area (Å²) < 4.78 is 5.40. The third kappa shape index (κ3) is 5.17. The predicted molar refractivity (Wildman–Crippen MR) is 95.0 cm³/mol. The van der Waals surface area contributed by atoms with Gasteiger partial charge in [-0.2, -0.15) is 0 Å². The zero-order valence-corrected chi connectivity index (χ0v) is 14.2. The van der Waals surface area contributed by atoms with E-state index >= 15 is 0 Å². The van der Waals surface area contributed by atoms with Crippen LogP contribution in [0.5, 0.6) is 5.75 Å². The van der Waals surface area contributed by atoms with Gasteiger partial charge in [-0.25, -0.2) is 0 Å². The molecule has 6 nitrogen and oxygen atoms in total. The van der Waals surface area contributed by atoms with Crippen molar-refractivity contribution in [3.8, 4) is 5.75 Å². The standard InChI is InChI=1S/C19H20N2O4/c1-3-17(22)13-7-9-16(10-8-13)25-12-18(23)21-15-6-4-5-14(11-15)19(24)20-2/h4-11H,3,12H2,1-2H3,(H,20,24)(H,21,23). The Morgan fingerprint density at radius 2 is 1.72 bits per heavy atom. The van der Waals surface area contributed by atoms with E-state index in [1.165, 1.54) is 0 Å². The SMILES string of the molecule is CCC(=O)c1ccc(OCC(=O)Nc2cccc(C(=O)NC)c2)cc1. The number of anilines is 1. The van der Waals surface area contributed by atoms with Crippen molar-refractivity contribution in [3.63, 3.8) is 0 Å². The Labute approximate surface area is 146 Å². The van der Waals surface area contributed by atoms with E-state index in [0.717, 1.165) is 0 Å². The van der Waals surface area contributed by atoms with Crippen molar-refractivity contribution < 1.29 is 19.1 Å². The molecular weight excluding hydrogens is 320 g/mol. The Hall–Kier alpha value is -3.15. The van der Waals surface area contributed by atoms with Gasteiger partial charge in [0.25, 0.3) is 11.8 Å². The van der Waals surface area contributed by atoms with E-state index in [1.807, 2.05) is 0 Å². The molecule has 6 heteroatoms. The summed E-state index contributed by atoms with van der Waals surface area (Å²) in [7, 11) is 1.54. The maximum Gasteiger partial charge on any atom is 0.262 e. The average molecular weight is 340 g/mol. The van der Waals surface area contributed by atoms with Gasteiger partial charge in [0.1, 0.15) is 5.75 Å². The van der Waals surface area contributed by atoms with Crippen molar-refractivity contribution in [1.82, 2.24) is 5.32 Å². The first-order chi connectivity index (χ1) is 12.0. The normalized spacial score (nSPS) is 10.0. The smallest absolute Gasteiger partial charge is 0.262 e. The second kappa shape index (κ2) is 8.63. The second-order valence-electron chi connectivity index (χ2n) is 5.30. The van der Waals surface area contributed by atoms with Crippen LogP contribution >= 0.6 is 0 Å². The lowest BCUT2D eigenvalue weighted by molar-refractivity contribution is -0.118. The zero-order chi connectivity index (χ0) is 18.2. The van der Waals surface area contributed by atoms with Crippen molar-refractivity contribution in [2.24, 2.45) is 0 Å². The summed E-state index contributed by atoms with van der Waals surface area (Å²) in [5, 5.41) is 5.20. The van der Waals surface area contributed by atoms with Crippen molar-refractivity contribution in [2.45, 2.75) is 13.3 Å². The highest BCUT2D eigenvalue weighted by Gasteiger charge is 2.08. The van der Waals surface area contributed by atoms with Crippen LogP contribution in [0.3, 0.4) is 0 Å². The highest BCUT2D eigenvalue weighted by atomic mass is 16.5. The fourth-order valence-electron chi connectivity index (χ4n) is 2.17. The lowest BCUT2D eigenvalue weighted by atomic mass is 10.1. The van der Waals surface area contributed by atoms with Gasteiger partial charge in [0.15, 0.2) is 12.4 Å². The fourth-order valence-corrected chi connectivity index (χ4v) is 2.17. The molecule has 25 heavy (non-hydrogen) atoms. The molecule has 2 aromatic carbocycles. The van der Waals surface area contributed by atoms with Gasteiger partial charge in [0, 0.05) is 30.3 Å². The molecule has 0 spiro atoms. The van der Waals surface area contributed by atoms with Gasteiger partial charge >= 0.3 is 0 Å².